The number of carbonyl (C=O) groups excluding carboxylic acids is 3. The van der Waals surface area contributed by atoms with E-state index in [2.05, 4.69) is 10.3 Å². The van der Waals surface area contributed by atoms with E-state index in [9.17, 15) is 14.4 Å². The number of methoxy groups -OCH3 is 1. The number of nitrogens with one attached hydrogen (secondary N) is 1. The van der Waals surface area contributed by atoms with Gasteiger partial charge in [-0.2, -0.15) is 0 Å². The van der Waals surface area contributed by atoms with Gasteiger partial charge in [-0.1, -0.05) is 79.7 Å². The number of rotatable bonds is 10. The first kappa shape index (κ1) is 27.3. The van der Waals surface area contributed by atoms with Crippen molar-refractivity contribution in [3.05, 3.63) is 107 Å². The quantitative estimate of drug-likeness (QED) is 0.196. The zero-order chi connectivity index (χ0) is 26.9. The Bertz CT molecular complexity index is 1390. The monoisotopic (exact) mass is 544 g/mol. The van der Waals surface area contributed by atoms with Gasteiger partial charge >= 0.3 is 5.97 Å². The standard InChI is InChI=1S/C30H28N2O4S2/c1-3-26(33)32-25(29(34)36-2)19-22-14-15-23(28-31-16-17-37-28)27(24(22)18-20-10-6-4-7-11-20)38-30(35)21-12-8-5-9-13-21/h4-17,25H,3,18-19H2,1-2H3,(H,32,33)/t25-/m0/s1. The molecule has 0 spiro atoms. The fourth-order valence-electron chi connectivity index (χ4n) is 4.07. The molecular weight excluding hydrogens is 516 g/mol. The lowest BCUT2D eigenvalue weighted by molar-refractivity contribution is -0.145. The van der Waals surface area contributed by atoms with Crippen molar-refractivity contribution in [3.63, 3.8) is 0 Å². The van der Waals surface area contributed by atoms with Crippen molar-refractivity contribution in [2.24, 2.45) is 0 Å². The van der Waals surface area contributed by atoms with Crippen LogP contribution in [-0.4, -0.2) is 35.1 Å². The van der Waals surface area contributed by atoms with Crippen LogP contribution in [0.2, 0.25) is 0 Å². The van der Waals surface area contributed by atoms with Gasteiger partial charge in [0.15, 0.2) is 0 Å². The highest BCUT2D eigenvalue weighted by atomic mass is 32.2. The zero-order valence-electron chi connectivity index (χ0n) is 21.2. The molecule has 0 unspecified atom stereocenters. The number of thioether (sulfide) groups is 1. The maximum Gasteiger partial charge on any atom is 0.328 e. The van der Waals surface area contributed by atoms with E-state index in [1.165, 1.54) is 30.2 Å². The van der Waals surface area contributed by atoms with Crippen LogP contribution in [0.15, 0.2) is 89.3 Å². The second kappa shape index (κ2) is 13.2. The number of ether oxygens (including phenoxy) is 1. The summed E-state index contributed by atoms with van der Waals surface area (Å²) in [6, 6.07) is 22.2. The molecule has 194 valence electrons. The Hall–Kier alpha value is -3.75. The molecule has 0 bridgehead atoms. The molecule has 38 heavy (non-hydrogen) atoms. The van der Waals surface area contributed by atoms with Crippen LogP contribution < -0.4 is 5.32 Å². The first-order chi connectivity index (χ1) is 18.5. The third-order valence-corrected chi connectivity index (χ3v) is 7.91. The molecule has 0 aliphatic heterocycles. The molecular formula is C30H28N2O4S2. The van der Waals surface area contributed by atoms with Crippen molar-refractivity contribution in [1.29, 1.82) is 0 Å². The fourth-order valence-corrected chi connectivity index (χ4v) is 5.85. The molecule has 3 aromatic carbocycles. The molecule has 0 fully saturated rings. The third kappa shape index (κ3) is 6.76. The Morgan fingerprint density at radius 2 is 1.71 bits per heavy atom. The lowest BCUT2D eigenvalue weighted by atomic mass is 9.93. The minimum Gasteiger partial charge on any atom is -0.467 e. The van der Waals surface area contributed by atoms with Crippen molar-refractivity contribution in [1.82, 2.24) is 10.3 Å². The Morgan fingerprint density at radius 3 is 2.34 bits per heavy atom. The van der Waals surface area contributed by atoms with Gasteiger partial charge in [0.2, 0.25) is 11.0 Å². The molecule has 0 aliphatic carbocycles. The number of aromatic nitrogens is 1. The largest absolute Gasteiger partial charge is 0.467 e. The van der Waals surface area contributed by atoms with E-state index in [1.807, 2.05) is 66.0 Å². The molecule has 1 heterocycles. The van der Waals surface area contributed by atoms with Gasteiger partial charge in [0, 0.05) is 40.4 Å². The van der Waals surface area contributed by atoms with Gasteiger partial charge in [0.25, 0.3) is 0 Å². The number of carbonyl (C=O) groups is 3. The average molecular weight is 545 g/mol. The topological polar surface area (TPSA) is 85.4 Å². The Balaban J connectivity index is 1.85. The van der Waals surface area contributed by atoms with Crippen LogP contribution in [0.1, 0.15) is 40.4 Å². The Kier molecular flexibility index (Phi) is 9.46. The average Bonchev–Trinajstić information content (AvgIpc) is 3.49. The molecule has 4 rings (SSSR count). The maximum atomic E-state index is 13.4. The molecule has 1 amide bonds. The normalized spacial score (nSPS) is 11.5. The maximum absolute atomic E-state index is 13.4. The highest BCUT2D eigenvalue weighted by molar-refractivity contribution is 8.14. The van der Waals surface area contributed by atoms with Crippen LogP contribution in [0.3, 0.4) is 0 Å². The van der Waals surface area contributed by atoms with Crippen LogP contribution in [0.4, 0.5) is 0 Å². The lowest BCUT2D eigenvalue weighted by Crippen LogP contribution is -2.43. The van der Waals surface area contributed by atoms with E-state index in [-0.39, 0.29) is 23.9 Å². The minimum atomic E-state index is -0.852. The molecule has 8 heteroatoms. The van der Waals surface area contributed by atoms with Crippen LogP contribution in [0.25, 0.3) is 10.6 Å². The summed E-state index contributed by atoms with van der Waals surface area (Å²) in [6.45, 7) is 1.73. The van der Waals surface area contributed by atoms with Crippen LogP contribution in [-0.2, 0) is 27.2 Å². The van der Waals surface area contributed by atoms with Crippen molar-refractivity contribution in [3.8, 4) is 10.6 Å². The smallest absolute Gasteiger partial charge is 0.328 e. The molecule has 0 saturated heterocycles. The van der Waals surface area contributed by atoms with Crippen molar-refractivity contribution in [2.75, 3.05) is 7.11 Å². The van der Waals surface area contributed by atoms with Crippen molar-refractivity contribution in [2.45, 2.75) is 37.1 Å². The summed E-state index contributed by atoms with van der Waals surface area (Å²) in [5.41, 5.74) is 4.28. The lowest BCUT2D eigenvalue weighted by Gasteiger charge is -2.21. The molecule has 0 radical (unpaired) electrons. The zero-order valence-corrected chi connectivity index (χ0v) is 22.8. The van der Waals surface area contributed by atoms with E-state index >= 15 is 0 Å². The Morgan fingerprint density at radius 1 is 1.00 bits per heavy atom. The number of hydrogen-bond donors (Lipinski definition) is 1. The van der Waals surface area contributed by atoms with Gasteiger partial charge < -0.3 is 10.1 Å². The predicted octanol–water partition coefficient (Wildman–Crippen LogP) is 5.94. The molecule has 1 aromatic heterocycles. The van der Waals surface area contributed by atoms with E-state index in [0.717, 1.165) is 32.2 Å². The summed E-state index contributed by atoms with van der Waals surface area (Å²) in [5, 5.41) is 5.41. The molecule has 1 N–H and O–H groups in total. The fraction of sp³-hybridized carbons (Fsp3) is 0.200. The summed E-state index contributed by atoms with van der Waals surface area (Å²) < 4.78 is 5.00. The summed E-state index contributed by atoms with van der Waals surface area (Å²) in [5.74, 6) is -0.755. The van der Waals surface area contributed by atoms with Gasteiger partial charge in [-0.25, -0.2) is 9.78 Å². The third-order valence-electron chi connectivity index (χ3n) is 6.01. The number of esters is 1. The molecule has 6 nitrogen and oxygen atoms in total. The number of thiazole rings is 1. The van der Waals surface area contributed by atoms with Gasteiger partial charge in [-0.3, -0.25) is 9.59 Å². The van der Waals surface area contributed by atoms with E-state index in [0.29, 0.717) is 12.0 Å². The summed E-state index contributed by atoms with van der Waals surface area (Å²) in [7, 11) is 1.31. The van der Waals surface area contributed by atoms with E-state index in [4.69, 9.17) is 4.74 Å². The number of amides is 1. The van der Waals surface area contributed by atoms with Crippen LogP contribution in [0.5, 0.6) is 0 Å². The van der Waals surface area contributed by atoms with Gasteiger partial charge in [-0.15, -0.1) is 11.3 Å². The highest BCUT2D eigenvalue weighted by Gasteiger charge is 2.26. The number of nitrogens with zero attached hydrogens (tertiary/aromatic N) is 1. The van der Waals surface area contributed by atoms with Crippen molar-refractivity contribution >= 4 is 40.1 Å². The summed E-state index contributed by atoms with van der Waals surface area (Å²) in [6.07, 6.45) is 2.76. The van der Waals surface area contributed by atoms with Crippen LogP contribution in [0, 0.1) is 0 Å². The van der Waals surface area contributed by atoms with Gasteiger partial charge in [-0.05, 0) is 34.9 Å². The Labute approximate surface area is 230 Å². The SMILES string of the molecule is CCC(=O)N[C@@H](Cc1ccc(-c2nccs2)c(SC(=O)c2ccccc2)c1Cc1ccccc1)C(=O)OC. The minimum absolute atomic E-state index is 0.0846. The van der Waals surface area contributed by atoms with Gasteiger partial charge in [0.1, 0.15) is 11.0 Å². The predicted molar refractivity (Wildman–Crippen MR) is 151 cm³/mol. The number of benzene rings is 3. The molecule has 4 aromatic rings. The second-order valence-corrected chi connectivity index (χ2v) is 10.4. The molecule has 1 atom stereocenters. The van der Waals surface area contributed by atoms with Crippen LogP contribution >= 0.6 is 23.1 Å². The molecule has 0 saturated carbocycles. The summed E-state index contributed by atoms with van der Waals surface area (Å²) >= 11 is 2.67. The second-order valence-electron chi connectivity index (χ2n) is 8.54. The highest BCUT2D eigenvalue weighted by Crippen LogP contribution is 2.40. The van der Waals surface area contributed by atoms with Crippen molar-refractivity contribution < 1.29 is 19.1 Å². The van der Waals surface area contributed by atoms with E-state index < -0.39 is 12.0 Å². The number of hydrogen-bond acceptors (Lipinski definition) is 7. The first-order valence-electron chi connectivity index (χ1n) is 12.2. The summed E-state index contributed by atoms with van der Waals surface area (Å²) in [4.78, 5) is 43.6. The first-order valence-corrected chi connectivity index (χ1v) is 13.9. The molecule has 0 aliphatic rings. The van der Waals surface area contributed by atoms with Gasteiger partial charge in [0.05, 0.1) is 7.11 Å². The van der Waals surface area contributed by atoms with E-state index in [1.54, 1.807) is 25.3 Å².